The monoisotopic (exact) mass is 275 g/mol. The Morgan fingerprint density at radius 2 is 2.25 bits per heavy atom. The van der Waals surface area contributed by atoms with Gasteiger partial charge in [0.1, 0.15) is 0 Å². The molecule has 1 unspecified atom stereocenters. The van der Waals surface area contributed by atoms with Crippen LogP contribution in [0.3, 0.4) is 0 Å². The van der Waals surface area contributed by atoms with Crippen molar-refractivity contribution in [3.63, 3.8) is 0 Å². The van der Waals surface area contributed by atoms with E-state index in [0.29, 0.717) is 11.1 Å². The zero-order valence-electron chi connectivity index (χ0n) is 6.04. The fraction of sp³-hybridized carbons (Fsp3) is 0.125. The van der Waals surface area contributed by atoms with Gasteiger partial charge in [0, 0.05) is 9.13 Å². The topological polar surface area (TPSA) is 49.3 Å². The van der Waals surface area contributed by atoms with Crippen molar-refractivity contribution >= 4 is 28.5 Å². The highest BCUT2D eigenvalue weighted by molar-refractivity contribution is 14.1. The number of halogens is 1. The van der Waals surface area contributed by atoms with Gasteiger partial charge in [0.05, 0.1) is 5.56 Å². The molecule has 0 spiro atoms. The summed E-state index contributed by atoms with van der Waals surface area (Å²) in [6.07, 6.45) is -0.831. The Morgan fingerprint density at radius 1 is 1.50 bits per heavy atom. The number of hydrogen-bond donors (Lipinski definition) is 2. The molecule has 1 aliphatic heterocycles. The van der Waals surface area contributed by atoms with Crippen LogP contribution in [0.5, 0.6) is 0 Å². The van der Waals surface area contributed by atoms with E-state index in [-0.39, 0.29) is 5.91 Å². The number of carbonyl (C=O) groups excluding carboxylic acids is 1. The van der Waals surface area contributed by atoms with Crippen molar-refractivity contribution in [2.75, 3.05) is 0 Å². The van der Waals surface area contributed by atoms with Gasteiger partial charge in [-0.25, -0.2) is 0 Å². The summed E-state index contributed by atoms with van der Waals surface area (Å²) in [4.78, 5) is 11.2. The molecule has 2 rings (SSSR count). The molecule has 3 nitrogen and oxygen atoms in total. The number of amides is 1. The zero-order chi connectivity index (χ0) is 8.72. The summed E-state index contributed by atoms with van der Waals surface area (Å²) in [6, 6.07) is 5.42. The Morgan fingerprint density at radius 3 is 2.92 bits per heavy atom. The number of nitrogens with one attached hydrogen (secondary N) is 1. The minimum atomic E-state index is -0.831. The van der Waals surface area contributed by atoms with Crippen molar-refractivity contribution in [2.24, 2.45) is 0 Å². The fourth-order valence-corrected chi connectivity index (χ4v) is 2.05. The van der Waals surface area contributed by atoms with E-state index in [1.54, 1.807) is 6.07 Å². The molecule has 1 amide bonds. The van der Waals surface area contributed by atoms with Crippen LogP contribution in [0.1, 0.15) is 22.1 Å². The molecule has 0 aromatic heterocycles. The van der Waals surface area contributed by atoms with E-state index in [9.17, 15) is 9.90 Å². The average Bonchev–Trinajstić information content (AvgIpc) is 2.29. The molecule has 0 fully saturated rings. The van der Waals surface area contributed by atoms with E-state index >= 15 is 0 Å². The molecule has 1 aromatic rings. The van der Waals surface area contributed by atoms with Gasteiger partial charge in [-0.2, -0.15) is 0 Å². The van der Waals surface area contributed by atoms with E-state index in [4.69, 9.17) is 0 Å². The molecule has 1 atom stereocenters. The predicted octanol–water partition coefficient (Wildman–Crippen LogP) is 1.03. The molecule has 0 saturated heterocycles. The largest absolute Gasteiger partial charge is 0.369 e. The lowest BCUT2D eigenvalue weighted by Crippen LogP contribution is -2.18. The van der Waals surface area contributed by atoms with Crippen LogP contribution in [0.4, 0.5) is 0 Å². The minimum absolute atomic E-state index is 0.192. The summed E-state index contributed by atoms with van der Waals surface area (Å²) in [5.41, 5.74) is 1.28. The van der Waals surface area contributed by atoms with Crippen molar-refractivity contribution in [3.05, 3.63) is 32.9 Å². The molecule has 0 radical (unpaired) electrons. The van der Waals surface area contributed by atoms with Gasteiger partial charge in [-0.15, -0.1) is 0 Å². The molecule has 2 N–H and O–H groups in total. The molecule has 0 saturated carbocycles. The van der Waals surface area contributed by atoms with Crippen molar-refractivity contribution in [1.29, 1.82) is 0 Å². The van der Waals surface area contributed by atoms with Gasteiger partial charge in [-0.1, -0.05) is 12.1 Å². The number of carbonyl (C=O) groups is 1. The minimum Gasteiger partial charge on any atom is -0.369 e. The second-order valence-corrected chi connectivity index (χ2v) is 3.74. The standard InChI is InChI=1S/C8H6INO2/c9-5-3-1-2-4-6(5)8(12)10-7(4)11/h1-3,7,11H,(H,10,12). The summed E-state index contributed by atoms with van der Waals surface area (Å²) in [5.74, 6) is -0.192. The molecule has 1 aromatic carbocycles. The molecular formula is C8H6INO2. The Kier molecular flexibility index (Phi) is 1.80. The van der Waals surface area contributed by atoms with Crippen LogP contribution in [0.25, 0.3) is 0 Å². The first-order chi connectivity index (χ1) is 5.70. The molecular weight excluding hydrogens is 269 g/mol. The lowest BCUT2D eigenvalue weighted by molar-refractivity contribution is 0.0850. The van der Waals surface area contributed by atoms with E-state index in [0.717, 1.165) is 3.57 Å². The molecule has 4 heteroatoms. The third-order valence-corrected chi connectivity index (χ3v) is 2.73. The maximum atomic E-state index is 11.2. The van der Waals surface area contributed by atoms with E-state index in [2.05, 4.69) is 27.9 Å². The third kappa shape index (κ3) is 1.02. The number of hydrogen-bond acceptors (Lipinski definition) is 2. The number of aliphatic hydroxyl groups is 1. The quantitative estimate of drug-likeness (QED) is 0.695. The first kappa shape index (κ1) is 8.00. The van der Waals surface area contributed by atoms with Crippen LogP contribution in [0.2, 0.25) is 0 Å². The fourth-order valence-electron chi connectivity index (χ4n) is 1.28. The van der Waals surface area contributed by atoms with Gasteiger partial charge < -0.3 is 10.4 Å². The molecule has 1 aliphatic rings. The van der Waals surface area contributed by atoms with E-state index in [1.165, 1.54) is 0 Å². The molecule has 12 heavy (non-hydrogen) atoms. The van der Waals surface area contributed by atoms with E-state index in [1.807, 2.05) is 12.1 Å². The molecule has 0 bridgehead atoms. The Bertz CT molecular complexity index is 351. The summed E-state index contributed by atoms with van der Waals surface area (Å²) < 4.78 is 0.874. The summed E-state index contributed by atoms with van der Waals surface area (Å²) in [6.45, 7) is 0. The second kappa shape index (κ2) is 2.70. The second-order valence-electron chi connectivity index (χ2n) is 2.58. The van der Waals surface area contributed by atoms with Gasteiger partial charge in [0.2, 0.25) is 0 Å². The summed E-state index contributed by atoms with van der Waals surface area (Å²) in [5, 5.41) is 11.8. The first-order valence-corrected chi connectivity index (χ1v) is 4.55. The van der Waals surface area contributed by atoms with Crippen molar-refractivity contribution in [1.82, 2.24) is 5.32 Å². The van der Waals surface area contributed by atoms with Crippen molar-refractivity contribution < 1.29 is 9.90 Å². The zero-order valence-corrected chi connectivity index (χ0v) is 8.20. The van der Waals surface area contributed by atoms with Gasteiger partial charge in [0.15, 0.2) is 6.23 Å². The predicted molar refractivity (Wildman–Crippen MR) is 51.6 cm³/mol. The van der Waals surface area contributed by atoms with Crippen molar-refractivity contribution in [3.8, 4) is 0 Å². The number of aliphatic hydroxyl groups excluding tert-OH is 1. The Balaban J connectivity index is 2.67. The van der Waals surface area contributed by atoms with Crippen LogP contribution in [-0.2, 0) is 0 Å². The maximum absolute atomic E-state index is 11.2. The van der Waals surface area contributed by atoms with Crippen molar-refractivity contribution in [2.45, 2.75) is 6.23 Å². The Hall–Kier alpha value is -0.620. The molecule has 62 valence electrons. The SMILES string of the molecule is O=C1NC(O)c2cccc(I)c21. The van der Waals surface area contributed by atoms with Crippen LogP contribution in [-0.4, -0.2) is 11.0 Å². The average molecular weight is 275 g/mol. The Labute approximate surface area is 82.9 Å². The highest BCUT2D eigenvalue weighted by Gasteiger charge is 2.28. The number of fused-ring (bicyclic) bond motifs is 1. The third-order valence-electron chi connectivity index (χ3n) is 1.84. The highest BCUT2D eigenvalue weighted by Crippen LogP contribution is 2.26. The van der Waals surface area contributed by atoms with Gasteiger partial charge in [0.25, 0.3) is 5.91 Å². The van der Waals surface area contributed by atoms with Gasteiger partial charge in [-0.05, 0) is 28.7 Å². The molecule has 0 aliphatic carbocycles. The van der Waals surface area contributed by atoms with Crippen LogP contribution in [0, 0.1) is 3.57 Å². The van der Waals surface area contributed by atoms with Gasteiger partial charge in [-0.3, -0.25) is 4.79 Å². The summed E-state index contributed by atoms with van der Waals surface area (Å²) >= 11 is 2.08. The number of benzene rings is 1. The first-order valence-electron chi connectivity index (χ1n) is 3.47. The molecule has 1 heterocycles. The number of rotatable bonds is 0. The smallest absolute Gasteiger partial charge is 0.255 e. The lowest BCUT2D eigenvalue weighted by atomic mass is 10.1. The lowest BCUT2D eigenvalue weighted by Gasteiger charge is -2.01. The maximum Gasteiger partial charge on any atom is 0.255 e. The van der Waals surface area contributed by atoms with E-state index < -0.39 is 6.23 Å². The normalized spacial score (nSPS) is 20.5. The summed E-state index contributed by atoms with van der Waals surface area (Å²) in [7, 11) is 0. The highest BCUT2D eigenvalue weighted by atomic mass is 127. The van der Waals surface area contributed by atoms with Gasteiger partial charge >= 0.3 is 0 Å². The van der Waals surface area contributed by atoms with Crippen LogP contribution >= 0.6 is 22.6 Å². The van der Waals surface area contributed by atoms with Crippen LogP contribution in [0.15, 0.2) is 18.2 Å². The van der Waals surface area contributed by atoms with Crippen LogP contribution < -0.4 is 5.32 Å².